The molecule has 0 aliphatic carbocycles. The first kappa shape index (κ1) is 5.07. The minimum absolute atomic E-state index is 1.24. The molecule has 0 fully saturated rings. The normalized spacial score (nSPS) is 15.9. The molecule has 0 aromatic carbocycles. The third kappa shape index (κ3) is 1.21. The average Bonchev–Trinajstić information content (AvgIpc) is 1.94. The van der Waals surface area contributed by atoms with Crippen molar-refractivity contribution >= 4 is 5.87 Å². The van der Waals surface area contributed by atoms with Crippen molar-refractivity contribution in [1.29, 1.82) is 0 Å². The Morgan fingerprint density at radius 2 is 2.50 bits per heavy atom. The molecule has 0 aromatic rings. The van der Waals surface area contributed by atoms with Crippen LogP contribution in [-0.4, -0.2) is 5.87 Å². The lowest BCUT2D eigenvalue weighted by atomic mass is 10.3. The Hall–Kier alpha value is -1.07. The summed E-state index contributed by atoms with van der Waals surface area (Å²) < 4.78 is 0. The highest BCUT2D eigenvalue weighted by Gasteiger charge is 1.81. The lowest BCUT2D eigenvalue weighted by Gasteiger charge is -1.77. The van der Waals surface area contributed by atoms with Crippen molar-refractivity contribution in [1.82, 2.24) is 0 Å². The predicted molar refractivity (Wildman–Crippen MR) is 33.4 cm³/mol. The van der Waals surface area contributed by atoms with E-state index in [0.29, 0.717) is 0 Å². The van der Waals surface area contributed by atoms with Crippen LogP contribution in [0.15, 0.2) is 30.0 Å². The Morgan fingerprint density at radius 3 is 3.38 bits per heavy atom. The molecule has 0 unspecified atom stereocenters. The van der Waals surface area contributed by atoms with Gasteiger partial charge >= 0.3 is 0 Å². The smallest absolute Gasteiger partial charge is 0.170 e. The molecule has 0 saturated carbocycles. The Morgan fingerprint density at radius 1 is 1.62 bits per heavy atom. The highest BCUT2D eigenvalue weighted by molar-refractivity contribution is 5.50. The number of hydrogen-bond acceptors (Lipinski definition) is 0. The first-order valence-corrected chi connectivity index (χ1v) is 2.57. The monoisotopic (exact) mass is 106 g/mol. The van der Waals surface area contributed by atoms with E-state index >= 15 is 0 Å². The van der Waals surface area contributed by atoms with Crippen molar-refractivity contribution in [2.24, 2.45) is 0 Å². The SMILES string of the molecule is CC1=CC=C=[NH+]C=C1. The summed E-state index contributed by atoms with van der Waals surface area (Å²) in [6, 6.07) is 0. The fourth-order valence-electron chi connectivity index (χ4n) is 0.498. The number of rotatable bonds is 0. The molecule has 0 atom stereocenters. The average molecular weight is 106 g/mol. The second-order valence-electron chi connectivity index (χ2n) is 1.70. The second kappa shape index (κ2) is 2.29. The van der Waals surface area contributed by atoms with Crippen LogP contribution in [0.2, 0.25) is 0 Å². The Labute approximate surface area is 48.7 Å². The highest BCUT2D eigenvalue weighted by atomic mass is 14.6. The molecule has 0 spiro atoms. The van der Waals surface area contributed by atoms with Crippen molar-refractivity contribution in [2.45, 2.75) is 6.92 Å². The van der Waals surface area contributed by atoms with Gasteiger partial charge in [0, 0.05) is 12.2 Å². The van der Waals surface area contributed by atoms with E-state index in [-0.39, 0.29) is 0 Å². The van der Waals surface area contributed by atoms with Crippen molar-refractivity contribution < 1.29 is 4.99 Å². The fourth-order valence-corrected chi connectivity index (χ4v) is 0.498. The summed E-state index contributed by atoms with van der Waals surface area (Å²) in [4.78, 5) is 2.84. The summed E-state index contributed by atoms with van der Waals surface area (Å²) in [6.07, 6.45) is 7.71. The molecule has 1 heterocycles. The van der Waals surface area contributed by atoms with Crippen molar-refractivity contribution in [3.8, 4) is 0 Å². The maximum atomic E-state index is 2.84. The zero-order valence-electron chi connectivity index (χ0n) is 4.81. The van der Waals surface area contributed by atoms with E-state index in [9.17, 15) is 0 Å². The lowest BCUT2D eigenvalue weighted by molar-refractivity contribution is -0.363. The zero-order chi connectivity index (χ0) is 5.82. The van der Waals surface area contributed by atoms with Gasteiger partial charge in [0.1, 0.15) is 0 Å². The van der Waals surface area contributed by atoms with Crippen LogP contribution in [0.1, 0.15) is 6.92 Å². The predicted octanol–water partition coefficient (Wildman–Crippen LogP) is -0.233. The van der Waals surface area contributed by atoms with E-state index in [1.54, 1.807) is 0 Å². The number of nitrogens with one attached hydrogen (secondary N) is 1. The van der Waals surface area contributed by atoms with Crippen LogP contribution in [0.4, 0.5) is 0 Å². The van der Waals surface area contributed by atoms with Gasteiger partial charge in [0.15, 0.2) is 12.1 Å². The summed E-state index contributed by atoms with van der Waals surface area (Å²) in [5.41, 5.74) is 1.24. The fraction of sp³-hybridized carbons (Fsp3) is 0.143. The Kier molecular flexibility index (Phi) is 1.45. The van der Waals surface area contributed by atoms with Crippen LogP contribution in [-0.2, 0) is 0 Å². The summed E-state index contributed by atoms with van der Waals surface area (Å²) in [5, 5.41) is 0. The number of hydrogen-bond donors (Lipinski definition) is 1. The minimum Gasteiger partial charge on any atom is -0.170 e. The maximum absolute atomic E-state index is 2.84. The lowest BCUT2D eigenvalue weighted by Crippen LogP contribution is -2.58. The largest absolute Gasteiger partial charge is 0.176 e. The van der Waals surface area contributed by atoms with Gasteiger partial charge in [-0.2, -0.15) is 4.99 Å². The van der Waals surface area contributed by atoms with Crippen LogP contribution in [0, 0.1) is 0 Å². The van der Waals surface area contributed by atoms with Crippen LogP contribution in [0.3, 0.4) is 0 Å². The van der Waals surface area contributed by atoms with E-state index in [1.165, 1.54) is 5.57 Å². The molecule has 0 amide bonds. The molecular formula is C7H8N+. The standard InChI is InChI=1S/C7H7N/c1-7-3-2-5-8-6-4-7/h2-4,6H,1H3/p+1. The van der Waals surface area contributed by atoms with Gasteiger partial charge in [-0.05, 0) is 18.6 Å². The molecule has 1 aliphatic heterocycles. The maximum Gasteiger partial charge on any atom is 0.176 e. The van der Waals surface area contributed by atoms with E-state index in [0.717, 1.165) is 0 Å². The van der Waals surface area contributed by atoms with Gasteiger partial charge < -0.3 is 0 Å². The van der Waals surface area contributed by atoms with Crippen molar-refractivity contribution in [3.63, 3.8) is 0 Å². The van der Waals surface area contributed by atoms with Crippen LogP contribution >= 0.6 is 0 Å². The third-order valence-corrected chi connectivity index (χ3v) is 0.942. The molecule has 0 bridgehead atoms. The highest BCUT2D eigenvalue weighted by Crippen LogP contribution is 1.91. The van der Waals surface area contributed by atoms with E-state index in [2.05, 4.69) is 10.9 Å². The molecule has 1 rings (SSSR count). The summed E-state index contributed by atoms with van der Waals surface area (Å²) in [6.45, 7) is 2.04. The molecule has 0 saturated heterocycles. The van der Waals surface area contributed by atoms with Gasteiger partial charge in [0.25, 0.3) is 0 Å². The van der Waals surface area contributed by atoms with Gasteiger partial charge in [-0.1, -0.05) is 0 Å². The molecule has 8 heavy (non-hydrogen) atoms. The van der Waals surface area contributed by atoms with Crippen molar-refractivity contribution in [2.75, 3.05) is 0 Å². The second-order valence-corrected chi connectivity index (χ2v) is 1.70. The Bertz CT molecular complexity index is 190. The van der Waals surface area contributed by atoms with Crippen LogP contribution in [0.25, 0.3) is 0 Å². The third-order valence-electron chi connectivity index (χ3n) is 0.942. The van der Waals surface area contributed by atoms with Gasteiger partial charge in [0.05, 0.1) is 0 Å². The molecule has 0 aromatic heterocycles. The van der Waals surface area contributed by atoms with Gasteiger partial charge in [-0.3, -0.25) is 0 Å². The number of allylic oxidation sites excluding steroid dienone is 4. The summed E-state index contributed by atoms with van der Waals surface area (Å²) in [7, 11) is 0. The zero-order valence-corrected chi connectivity index (χ0v) is 4.81. The molecule has 0 radical (unpaired) electrons. The molecule has 1 heteroatoms. The molecule has 40 valence electrons. The van der Waals surface area contributed by atoms with Crippen LogP contribution < -0.4 is 4.99 Å². The van der Waals surface area contributed by atoms with E-state index < -0.39 is 0 Å². The van der Waals surface area contributed by atoms with Gasteiger partial charge in [-0.15, -0.1) is 0 Å². The minimum atomic E-state index is 1.24. The first-order chi connectivity index (χ1) is 3.89. The van der Waals surface area contributed by atoms with Crippen molar-refractivity contribution in [3.05, 3.63) is 30.0 Å². The quantitative estimate of drug-likeness (QED) is 0.438. The van der Waals surface area contributed by atoms with Gasteiger partial charge in [-0.25, -0.2) is 0 Å². The van der Waals surface area contributed by atoms with E-state index in [4.69, 9.17) is 0 Å². The molecule has 1 N–H and O–H groups in total. The van der Waals surface area contributed by atoms with E-state index in [1.807, 2.05) is 31.4 Å². The topological polar surface area (TPSA) is 14.0 Å². The molecular weight excluding hydrogens is 98.1 g/mol. The summed E-state index contributed by atoms with van der Waals surface area (Å²) >= 11 is 0. The Balaban J connectivity index is 2.90. The molecule has 1 aliphatic rings. The molecule has 1 nitrogen and oxygen atoms in total. The summed E-state index contributed by atoms with van der Waals surface area (Å²) in [5.74, 6) is 2.84. The first-order valence-electron chi connectivity index (χ1n) is 2.57. The van der Waals surface area contributed by atoms with Crippen LogP contribution in [0.5, 0.6) is 0 Å². The van der Waals surface area contributed by atoms with Gasteiger partial charge in [0.2, 0.25) is 0 Å².